The highest BCUT2D eigenvalue weighted by atomic mass is 32.1. The first kappa shape index (κ1) is 15.3. The van der Waals surface area contributed by atoms with E-state index in [0.717, 1.165) is 53.4 Å². The molecule has 1 amide bonds. The van der Waals surface area contributed by atoms with Crippen LogP contribution in [0.25, 0.3) is 11.0 Å². The van der Waals surface area contributed by atoms with Crippen molar-refractivity contribution in [3.05, 3.63) is 46.2 Å². The van der Waals surface area contributed by atoms with Crippen LogP contribution in [0.4, 0.5) is 0 Å². The zero-order valence-electron chi connectivity index (χ0n) is 13.9. The number of benzene rings is 1. The van der Waals surface area contributed by atoms with E-state index in [0.29, 0.717) is 0 Å². The van der Waals surface area contributed by atoms with Gasteiger partial charge in [0.1, 0.15) is 10.7 Å². The summed E-state index contributed by atoms with van der Waals surface area (Å²) in [6.07, 6.45) is 1.98. The Balaban J connectivity index is 1.76. The van der Waals surface area contributed by atoms with Crippen molar-refractivity contribution in [2.24, 2.45) is 0 Å². The number of fused-ring (bicyclic) bond motifs is 1. The number of rotatable bonds is 3. The van der Waals surface area contributed by atoms with Crippen molar-refractivity contribution in [2.75, 3.05) is 6.54 Å². The zero-order valence-corrected chi connectivity index (χ0v) is 14.7. The third kappa shape index (κ3) is 2.33. The molecule has 0 spiro atoms. The molecular formula is C18H20N4OS. The van der Waals surface area contributed by atoms with Gasteiger partial charge in [0.2, 0.25) is 0 Å². The Kier molecular flexibility index (Phi) is 3.84. The molecule has 3 heterocycles. The maximum Gasteiger partial charge on any atom is 0.266 e. The summed E-state index contributed by atoms with van der Waals surface area (Å²) in [4.78, 5) is 24.8. The molecule has 0 bridgehead atoms. The average molecular weight is 340 g/mol. The first-order valence-corrected chi connectivity index (χ1v) is 9.25. The van der Waals surface area contributed by atoms with Crippen LogP contribution in [0.1, 0.15) is 47.0 Å². The molecule has 124 valence electrons. The predicted molar refractivity (Wildman–Crippen MR) is 95.3 cm³/mol. The minimum absolute atomic E-state index is 0.0475. The number of aromatic nitrogens is 3. The van der Waals surface area contributed by atoms with Crippen molar-refractivity contribution in [2.45, 2.75) is 39.3 Å². The van der Waals surface area contributed by atoms with E-state index in [-0.39, 0.29) is 11.9 Å². The normalized spacial score (nSPS) is 17.8. The molecule has 3 aromatic rings. The van der Waals surface area contributed by atoms with Gasteiger partial charge in [-0.3, -0.25) is 4.79 Å². The second-order valence-electron chi connectivity index (χ2n) is 6.13. The van der Waals surface area contributed by atoms with E-state index in [4.69, 9.17) is 4.98 Å². The number of carbonyl (C=O) groups excluding carboxylic acids is 1. The standard InChI is InChI=1S/C18H20N4OS/c1-3-21-14-8-5-4-7-13(14)20-17(21)15-9-6-10-22(15)18(23)16-12(2)19-11-24-16/h4-5,7-8,11,15H,3,6,9-10H2,1-2H3/t15-/m0/s1. The van der Waals surface area contributed by atoms with Gasteiger partial charge in [-0.2, -0.15) is 0 Å². The first-order chi connectivity index (χ1) is 11.7. The van der Waals surface area contributed by atoms with Crippen molar-refractivity contribution >= 4 is 28.3 Å². The van der Waals surface area contributed by atoms with E-state index < -0.39 is 0 Å². The van der Waals surface area contributed by atoms with Crippen molar-refractivity contribution in [3.8, 4) is 0 Å². The van der Waals surface area contributed by atoms with Crippen LogP contribution in [-0.4, -0.2) is 31.9 Å². The third-order valence-electron chi connectivity index (χ3n) is 4.75. The Morgan fingerprint density at radius 1 is 1.38 bits per heavy atom. The Morgan fingerprint density at radius 2 is 2.21 bits per heavy atom. The molecule has 0 aliphatic carbocycles. The van der Waals surface area contributed by atoms with Gasteiger partial charge in [0, 0.05) is 13.1 Å². The third-order valence-corrected chi connectivity index (χ3v) is 5.67. The summed E-state index contributed by atoms with van der Waals surface area (Å²) >= 11 is 1.43. The monoisotopic (exact) mass is 340 g/mol. The molecule has 1 aliphatic rings. The lowest BCUT2D eigenvalue weighted by Gasteiger charge is -2.24. The Labute approximate surface area is 145 Å². The molecule has 1 atom stereocenters. The highest BCUT2D eigenvalue weighted by Gasteiger charge is 2.35. The molecule has 2 aromatic heterocycles. The fourth-order valence-corrected chi connectivity index (χ4v) is 4.35. The average Bonchev–Trinajstić information content (AvgIpc) is 3.31. The summed E-state index contributed by atoms with van der Waals surface area (Å²) in [5.74, 6) is 1.10. The highest BCUT2D eigenvalue weighted by molar-refractivity contribution is 7.11. The maximum atomic E-state index is 13.0. The molecule has 1 saturated heterocycles. The van der Waals surface area contributed by atoms with Gasteiger partial charge in [-0.05, 0) is 38.8 Å². The van der Waals surface area contributed by atoms with Crippen molar-refractivity contribution < 1.29 is 4.79 Å². The van der Waals surface area contributed by atoms with E-state index in [1.165, 1.54) is 11.3 Å². The topological polar surface area (TPSA) is 51.0 Å². The van der Waals surface area contributed by atoms with Gasteiger partial charge in [0.15, 0.2) is 0 Å². The molecule has 1 fully saturated rings. The molecule has 4 rings (SSSR count). The van der Waals surface area contributed by atoms with Gasteiger partial charge in [-0.15, -0.1) is 11.3 Å². The number of likely N-dealkylation sites (tertiary alicyclic amines) is 1. The van der Waals surface area contributed by atoms with Gasteiger partial charge in [0.05, 0.1) is 28.3 Å². The number of amides is 1. The van der Waals surface area contributed by atoms with Crippen molar-refractivity contribution in [1.82, 2.24) is 19.4 Å². The predicted octanol–water partition coefficient (Wildman–Crippen LogP) is 3.80. The van der Waals surface area contributed by atoms with Crippen molar-refractivity contribution in [3.63, 3.8) is 0 Å². The molecular weight excluding hydrogens is 320 g/mol. The maximum absolute atomic E-state index is 13.0. The Morgan fingerprint density at radius 3 is 2.96 bits per heavy atom. The molecule has 1 aromatic carbocycles. The van der Waals surface area contributed by atoms with Gasteiger partial charge in [-0.25, -0.2) is 9.97 Å². The first-order valence-electron chi connectivity index (χ1n) is 8.37. The second kappa shape index (κ2) is 6.02. The van der Waals surface area contributed by atoms with E-state index in [1.807, 2.05) is 30.0 Å². The number of hydrogen-bond acceptors (Lipinski definition) is 4. The zero-order chi connectivity index (χ0) is 16.7. The molecule has 0 radical (unpaired) electrons. The van der Waals surface area contributed by atoms with Gasteiger partial charge < -0.3 is 9.47 Å². The van der Waals surface area contributed by atoms with Gasteiger partial charge >= 0.3 is 0 Å². The number of carbonyl (C=O) groups is 1. The molecule has 1 aliphatic heterocycles. The number of hydrogen-bond donors (Lipinski definition) is 0. The summed E-state index contributed by atoms with van der Waals surface area (Å²) in [7, 11) is 0. The summed E-state index contributed by atoms with van der Waals surface area (Å²) in [6.45, 7) is 5.67. The van der Waals surface area contributed by atoms with E-state index in [1.54, 1.807) is 5.51 Å². The van der Waals surface area contributed by atoms with Crippen LogP contribution in [0.3, 0.4) is 0 Å². The number of para-hydroxylation sites is 2. The molecule has 0 saturated carbocycles. The summed E-state index contributed by atoms with van der Waals surface area (Å²) in [6, 6.07) is 8.24. The van der Waals surface area contributed by atoms with Crippen LogP contribution < -0.4 is 0 Å². The number of imidazole rings is 1. The molecule has 5 nitrogen and oxygen atoms in total. The van der Waals surface area contributed by atoms with Gasteiger partial charge in [0.25, 0.3) is 5.91 Å². The SMILES string of the molecule is CCn1c([C@@H]2CCCN2C(=O)c2scnc2C)nc2ccccc21. The van der Waals surface area contributed by atoms with Crippen LogP contribution >= 0.6 is 11.3 Å². The van der Waals surface area contributed by atoms with Crippen LogP contribution in [0, 0.1) is 6.92 Å². The number of nitrogens with zero attached hydrogens (tertiary/aromatic N) is 4. The number of thiazole rings is 1. The lowest BCUT2D eigenvalue weighted by molar-refractivity contribution is 0.0732. The summed E-state index contributed by atoms with van der Waals surface area (Å²) in [5.41, 5.74) is 4.71. The van der Waals surface area contributed by atoms with Gasteiger partial charge in [-0.1, -0.05) is 12.1 Å². The fourth-order valence-electron chi connectivity index (χ4n) is 3.60. The molecule has 6 heteroatoms. The summed E-state index contributed by atoms with van der Waals surface area (Å²) < 4.78 is 2.24. The lowest BCUT2D eigenvalue weighted by Crippen LogP contribution is -2.32. The quantitative estimate of drug-likeness (QED) is 0.729. The molecule has 0 unspecified atom stereocenters. The highest BCUT2D eigenvalue weighted by Crippen LogP contribution is 2.35. The minimum atomic E-state index is 0.0475. The van der Waals surface area contributed by atoms with E-state index in [9.17, 15) is 4.79 Å². The largest absolute Gasteiger partial charge is 0.328 e. The fraction of sp³-hybridized carbons (Fsp3) is 0.389. The molecule has 24 heavy (non-hydrogen) atoms. The van der Waals surface area contributed by atoms with Crippen LogP contribution in [-0.2, 0) is 6.54 Å². The Hall–Kier alpha value is -2.21. The van der Waals surface area contributed by atoms with Crippen LogP contribution in [0.15, 0.2) is 29.8 Å². The molecule has 0 N–H and O–H groups in total. The van der Waals surface area contributed by atoms with E-state index in [2.05, 4.69) is 22.5 Å². The summed E-state index contributed by atoms with van der Waals surface area (Å²) in [5, 5.41) is 0. The smallest absolute Gasteiger partial charge is 0.266 e. The minimum Gasteiger partial charge on any atom is -0.328 e. The second-order valence-corrected chi connectivity index (χ2v) is 6.98. The van der Waals surface area contributed by atoms with E-state index >= 15 is 0 Å². The Bertz CT molecular complexity index is 897. The number of aryl methyl sites for hydroxylation is 2. The van der Waals surface area contributed by atoms with Crippen LogP contribution in [0.2, 0.25) is 0 Å². The lowest BCUT2D eigenvalue weighted by atomic mass is 10.2. The van der Waals surface area contributed by atoms with Crippen LogP contribution in [0.5, 0.6) is 0 Å². The van der Waals surface area contributed by atoms with Crippen molar-refractivity contribution in [1.29, 1.82) is 0 Å².